The molecule has 0 aliphatic rings. The van der Waals surface area contributed by atoms with Gasteiger partial charge < -0.3 is 10.6 Å². The fourth-order valence-corrected chi connectivity index (χ4v) is 1.65. The molecule has 2 atom stereocenters. The maximum absolute atomic E-state index is 11.7. The summed E-state index contributed by atoms with van der Waals surface area (Å²) in [5.41, 5.74) is 1.18. The molecule has 17 heavy (non-hydrogen) atoms. The SMILES string of the molecule is C=C(CC)C(CC(C)C)NCC(=O)C(C)NC. The van der Waals surface area contributed by atoms with Crippen molar-refractivity contribution in [3.63, 3.8) is 0 Å². The molecule has 0 saturated heterocycles. The third-order valence-corrected chi connectivity index (χ3v) is 3.09. The van der Waals surface area contributed by atoms with E-state index in [1.807, 2.05) is 6.92 Å². The van der Waals surface area contributed by atoms with E-state index in [-0.39, 0.29) is 17.9 Å². The molecule has 0 bridgehead atoms. The summed E-state index contributed by atoms with van der Waals surface area (Å²) in [5, 5.41) is 6.29. The highest BCUT2D eigenvalue weighted by molar-refractivity contribution is 5.85. The van der Waals surface area contributed by atoms with Crippen LogP contribution in [0.2, 0.25) is 0 Å². The van der Waals surface area contributed by atoms with E-state index in [9.17, 15) is 4.79 Å². The van der Waals surface area contributed by atoms with Crippen molar-refractivity contribution >= 4 is 5.78 Å². The largest absolute Gasteiger partial charge is 0.311 e. The van der Waals surface area contributed by atoms with Crippen molar-refractivity contribution in [2.24, 2.45) is 5.92 Å². The number of carbonyl (C=O) groups excluding carboxylic acids is 1. The van der Waals surface area contributed by atoms with Crippen molar-refractivity contribution in [1.29, 1.82) is 0 Å². The van der Waals surface area contributed by atoms with Crippen molar-refractivity contribution in [1.82, 2.24) is 10.6 Å². The van der Waals surface area contributed by atoms with E-state index in [0.717, 1.165) is 12.8 Å². The summed E-state index contributed by atoms with van der Waals surface area (Å²) < 4.78 is 0. The molecule has 0 aliphatic carbocycles. The predicted molar refractivity (Wildman–Crippen MR) is 74.2 cm³/mol. The number of carbonyl (C=O) groups is 1. The van der Waals surface area contributed by atoms with Crippen LogP contribution >= 0.6 is 0 Å². The molecule has 0 fully saturated rings. The van der Waals surface area contributed by atoms with Crippen LogP contribution in [0.5, 0.6) is 0 Å². The van der Waals surface area contributed by atoms with E-state index >= 15 is 0 Å². The van der Waals surface area contributed by atoms with Crippen LogP contribution in [0.4, 0.5) is 0 Å². The third kappa shape index (κ3) is 6.59. The molecule has 0 saturated carbocycles. The minimum absolute atomic E-state index is 0.0860. The molecule has 0 aromatic heterocycles. The quantitative estimate of drug-likeness (QED) is 0.607. The van der Waals surface area contributed by atoms with Crippen LogP contribution in [0.15, 0.2) is 12.2 Å². The molecule has 100 valence electrons. The summed E-state index contributed by atoms with van der Waals surface area (Å²) in [5.74, 6) is 0.804. The topological polar surface area (TPSA) is 41.1 Å². The minimum Gasteiger partial charge on any atom is -0.311 e. The fraction of sp³-hybridized carbons (Fsp3) is 0.786. The first-order chi connectivity index (χ1) is 7.92. The van der Waals surface area contributed by atoms with Gasteiger partial charge >= 0.3 is 0 Å². The van der Waals surface area contributed by atoms with Gasteiger partial charge in [-0.3, -0.25) is 4.79 Å². The predicted octanol–water partition coefficient (Wildman–Crippen LogP) is 2.13. The summed E-state index contributed by atoms with van der Waals surface area (Å²) in [7, 11) is 1.80. The van der Waals surface area contributed by atoms with Gasteiger partial charge in [0.15, 0.2) is 5.78 Å². The Bertz CT molecular complexity index is 249. The minimum atomic E-state index is -0.0860. The summed E-state index contributed by atoms with van der Waals surface area (Å²) in [6.07, 6.45) is 1.99. The maximum atomic E-state index is 11.7. The first kappa shape index (κ1) is 16.3. The molecule has 0 heterocycles. The number of ketones is 1. The number of nitrogens with one attached hydrogen (secondary N) is 2. The Morgan fingerprint density at radius 3 is 2.29 bits per heavy atom. The van der Waals surface area contributed by atoms with Crippen LogP contribution in [-0.2, 0) is 4.79 Å². The average Bonchev–Trinajstić information content (AvgIpc) is 2.31. The average molecular weight is 240 g/mol. The van der Waals surface area contributed by atoms with Crippen LogP contribution < -0.4 is 10.6 Å². The van der Waals surface area contributed by atoms with E-state index < -0.39 is 0 Å². The van der Waals surface area contributed by atoms with Gasteiger partial charge in [0.2, 0.25) is 0 Å². The Morgan fingerprint density at radius 1 is 1.29 bits per heavy atom. The molecule has 0 aromatic carbocycles. The van der Waals surface area contributed by atoms with Crippen molar-refractivity contribution in [3.8, 4) is 0 Å². The summed E-state index contributed by atoms with van der Waals surface area (Å²) in [4.78, 5) is 11.7. The zero-order valence-corrected chi connectivity index (χ0v) is 12.0. The van der Waals surface area contributed by atoms with Gasteiger partial charge in [0.1, 0.15) is 0 Å². The highest BCUT2D eigenvalue weighted by Crippen LogP contribution is 2.13. The van der Waals surface area contributed by atoms with Gasteiger partial charge in [-0.1, -0.05) is 32.9 Å². The lowest BCUT2D eigenvalue weighted by Crippen LogP contribution is -2.42. The molecular weight excluding hydrogens is 212 g/mol. The first-order valence-electron chi connectivity index (χ1n) is 6.53. The monoisotopic (exact) mass is 240 g/mol. The lowest BCUT2D eigenvalue weighted by molar-refractivity contribution is -0.119. The van der Waals surface area contributed by atoms with Gasteiger partial charge in [-0.15, -0.1) is 0 Å². The second-order valence-corrected chi connectivity index (χ2v) is 5.05. The molecule has 2 unspecified atom stereocenters. The van der Waals surface area contributed by atoms with Crippen LogP contribution in [0.1, 0.15) is 40.5 Å². The van der Waals surface area contributed by atoms with Crippen molar-refractivity contribution in [3.05, 3.63) is 12.2 Å². The van der Waals surface area contributed by atoms with Crippen molar-refractivity contribution in [2.75, 3.05) is 13.6 Å². The summed E-state index contributed by atoms with van der Waals surface area (Å²) in [6.45, 7) is 12.9. The third-order valence-electron chi connectivity index (χ3n) is 3.09. The van der Waals surface area contributed by atoms with Gasteiger partial charge in [0.25, 0.3) is 0 Å². The molecule has 0 rings (SSSR count). The Balaban J connectivity index is 4.25. The van der Waals surface area contributed by atoms with Gasteiger partial charge in [-0.05, 0) is 32.7 Å². The Labute approximate surface area is 106 Å². The van der Waals surface area contributed by atoms with E-state index in [2.05, 4.69) is 38.0 Å². The van der Waals surface area contributed by atoms with Gasteiger partial charge in [0, 0.05) is 6.04 Å². The van der Waals surface area contributed by atoms with Crippen LogP contribution in [-0.4, -0.2) is 31.5 Å². The normalized spacial score (nSPS) is 14.7. The number of likely N-dealkylation sites (N-methyl/N-ethyl adjacent to an activating group) is 1. The lowest BCUT2D eigenvalue weighted by atomic mass is 9.96. The molecule has 0 spiro atoms. The van der Waals surface area contributed by atoms with Crippen LogP contribution in [0, 0.1) is 5.92 Å². The van der Waals surface area contributed by atoms with Crippen LogP contribution in [0.25, 0.3) is 0 Å². The van der Waals surface area contributed by atoms with Crippen molar-refractivity contribution < 1.29 is 4.79 Å². The summed E-state index contributed by atoms with van der Waals surface area (Å²) >= 11 is 0. The highest BCUT2D eigenvalue weighted by atomic mass is 16.1. The fourth-order valence-electron chi connectivity index (χ4n) is 1.65. The van der Waals surface area contributed by atoms with Gasteiger partial charge in [-0.25, -0.2) is 0 Å². The zero-order chi connectivity index (χ0) is 13.4. The second kappa shape index (κ2) is 8.43. The number of hydrogen-bond acceptors (Lipinski definition) is 3. The van der Waals surface area contributed by atoms with E-state index in [4.69, 9.17) is 0 Å². The Hall–Kier alpha value is -0.670. The second-order valence-electron chi connectivity index (χ2n) is 5.05. The van der Waals surface area contributed by atoms with E-state index in [0.29, 0.717) is 12.5 Å². The van der Waals surface area contributed by atoms with Gasteiger partial charge in [-0.2, -0.15) is 0 Å². The first-order valence-corrected chi connectivity index (χ1v) is 6.53. The van der Waals surface area contributed by atoms with E-state index in [1.165, 1.54) is 5.57 Å². The molecule has 3 heteroatoms. The molecule has 0 radical (unpaired) electrons. The molecule has 3 nitrogen and oxygen atoms in total. The number of Topliss-reactive ketones (excluding diaryl/α,β-unsaturated/α-hetero) is 1. The molecule has 0 aliphatic heterocycles. The highest BCUT2D eigenvalue weighted by Gasteiger charge is 2.16. The maximum Gasteiger partial charge on any atom is 0.163 e. The Morgan fingerprint density at radius 2 is 1.88 bits per heavy atom. The molecule has 2 N–H and O–H groups in total. The standard InChI is InChI=1S/C14H28N2O/c1-7-11(4)13(8-10(2)3)16-9-14(17)12(5)15-6/h10,12-13,15-16H,4,7-9H2,1-3,5-6H3. The smallest absolute Gasteiger partial charge is 0.163 e. The summed E-state index contributed by atoms with van der Waals surface area (Å²) in [6, 6.07) is 0.171. The van der Waals surface area contributed by atoms with Crippen molar-refractivity contribution in [2.45, 2.75) is 52.6 Å². The molecular formula is C14H28N2O. The molecule has 0 aromatic rings. The number of hydrogen-bond donors (Lipinski definition) is 2. The van der Waals surface area contributed by atoms with E-state index in [1.54, 1.807) is 7.05 Å². The number of rotatable bonds is 9. The zero-order valence-electron chi connectivity index (χ0n) is 12.0. The van der Waals surface area contributed by atoms with Gasteiger partial charge in [0.05, 0.1) is 12.6 Å². The Kier molecular flexibility index (Phi) is 8.09. The lowest BCUT2D eigenvalue weighted by Gasteiger charge is -2.22. The van der Waals surface area contributed by atoms with Crippen LogP contribution in [0.3, 0.4) is 0 Å². The molecule has 0 amide bonds.